The number of carbonyl (C=O) groups is 3. The molecule has 0 radical (unpaired) electrons. The van der Waals surface area contributed by atoms with E-state index in [4.69, 9.17) is 14.2 Å². The van der Waals surface area contributed by atoms with Gasteiger partial charge in [-0.2, -0.15) is 5.01 Å². The van der Waals surface area contributed by atoms with Crippen molar-refractivity contribution in [2.75, 3.05) is 54.2 Å². The summed E-state index contributed by atoms with van der Waals surface area (Å²) >= 11 is 0. The average molecular weight is 408 g/mol. The van der Waals surface area contributed by atoms with E-state index < -0.39 is 23.4 Å². The van der Waals surface area contributed by atoms with Gasteiger partial charge in [-0.05, 0) is 24.6 Å². The summed E-state index contributed by atoms with van der Waals surface area (Å²) in [6.45, 7) is 3.48. The van der Waals surface area contributed by atoms with Crippen molar-refractivity contribution in [3.05, 3.63) is 29.8 Å². The summed E-state index contributed by atoms with van der Waals surface area (Å²) in [6, 6.07) is 6.09. The number of benzene rings is 1. The maximum Gasteiger partial charge on any atom is 0.344 e. The van der Waals surface area contributed by atoms with Crippen LogP contribution in [0.1, 0.15) is 12.5 Å². The van der Waals surface area contributed by atoms with Gasteiger partial charge in [0, 0.05) is 27.3 Å². The van der Waals surface area contributed by atoms with Crippen LogP contribution in [0.15, 0.2) is 24.3 Å². The molecule has 1 saturated heterocycles. The van der Waals surface area contributed by atoms with Crippen molar-refractivity contribution in [3.8, 4) is 5.75 Å². The molecule has 1 aromatic rings. The third-order valence-corrected chi connectivity index (χ3v) is 4.69. The van der Waals surface area contributed by atoms with Gasteiger partial charge in [0.25, 0.3) is 11.8 Å². The Kier molecular flexibility index (Phi) is 7.94. The maximum absolute atomic E-state index is 12.9. The highest BCUT2D eigenvalue weighted by Crippen LogP contribution is 2.29. The van der Waals surface area contributed by atoms with Crippen LogP contribution in [0.4, 0.5) is 4.79 Å². The summed E-state index contributed by atoms with van der Waals surface area (Å²) < 4.78 is 15.2. The zero-order valence-corrected chi connectivity index (χ0v) is 17.2. The smallest absolute Gasteiger partial charge is 0.344 e. The molecule has 2 N–H and O–H groups in total. The number of amides is 4. The first-order valence-electron chi connectivity index (χ1n) is 9.16. The number of ether oxygens (including phenoxy) is 3. The molecule has 2 rings (SSSR count). The predicted octanol–water partition coefficient (Wildman–Crippen LogP) is 0.0882. The van der Waals surface area contributed by atoms with Gasteiger partial charge in [-0.15, -0.1) is 0 Å². The van der Waals surface area contributed by atoms with Gasteiger partial charge in [-0.1, -0.05) is 12.1 Å². The van der Waals surface area contributed by atoms with E-state index in [1.165, 1.54) is 0 Å². The van der Waals surface area contributed by atoms with Crippen molar-refractivity contribution in [3.63, 3.8) is 0 Å². The summed E-state index contributed by atoms with van der Waals surface area (Å²) in [5, 5.41) is 3.36. The molecule has 10 nitrogen and oxygen atoms in total. The Morgan fingerprint density at radius 1 is 1.10 bits per heavy atom. The Bertz CT molecular complexity index is 718. The Morgan fingerprint density at radius 2 is 1.69 bits per heavy atom. The molecule has 1 heterocycles. The number of nitrogens with one attached hydrogen (secondary N) is 2. The molecule has 0 spiro atoms. The van der Waals surface area contributed by atoms with Gasteiger partial charge in [0.05, 0.1) is 26.9 Å². The molecule has 1 unspecified atom stereocenters. The molecule has 0 saturated carbocycles. The second-order valence-corrected chi connectivity index (χ2v) is 6.72. The number of imide groups is 1. The first kappa shape index (κ1) is 22.6. The molecule has 4 amide bonds. The van der Waals surface area contributed by atoms with Crippen LogP contribution in [0.5, 0.6) is 5.75 Å². The van der Waals surface area contributed by atoms with Gasteiger partial charge in [0.2, 0.25) is 0 Å². The van der Waals surface area contributed by atoms with E-state index in [1.54, 1.807) is 52.5 Å². The van der Waals surface area contributed by atoms with Crippen molar-refractivity contribution >= 4 is 17.8 Å². The van der Waals surface area contributed by atoms with E-state index in [2.05, 4.69) is 10.7 Å². The van der Waals surface area contributed by atoms with Crippen LogP contribution < -0.4 is 15.5 Å². The lowest BCUT2D eigenvalue weighted by atomic mass is 9.92. The minimum absolute atomic E-state index is 0.0109. The molecule has 29 heavy (non-hydrogen) atoms. The van der Waals surface area contributed by atoms with E-state index in [0.717, 1.165) is 5.01 Å². The minimum Gasteiger partial charge on any atom is -0.497 e. The highest BCUT2D eigenvalue weighted by Gasteiger charge is 2.50. The fraction of sp³-hybridized carbons (Fsp3) is 0.526. The standard InChI is InChI=1S/C19H28N4O6/c1-19(14-5-7-15(29-4)8-6-14)17(25)23(18(26)20-19)21-16(24)13-22(9-11-27-2)10-12-28-3/h5-8H,9-13H2,1-4H3,(H,20,26)(H,21,24). The van der Waals surface area contributed by atoms with Gasteiger partial charge in [-0.3, -0.25) is 19.9 Å². The monoisotopic (exact) mass is 408 g/mol. The first-order valence-corrected chi connectivity index (χ1v) is 9.16. The third kappa shape index (κ3) is 5.43. The fourth-order valence-corrected chi connectivity index (χ4v) is 2.93. The van der Waals surface area contributed by atoms with Gasteiger partial charge < -0.3 is 19.5 Å². The van der Waals surface area contributed by atoms with Gasteiger partial charge in [-0.25, -0.2) is 4.79 Å². The van der Waals surface area contributed by atoms with Crippen molar-refractivity contribution in [2.24, 2.45) is 0 Å². The van der Waals surface area contributed by atoms with E-state index in [0.29, 0.717) is 37.6 Å². The summed E-state index contributed by atoms with van der Waals surface area (Å²) in [5.41, 5.74) is 1.68. The van der Waals surface area contributed by atoms with Crippen LogP contribution in [0.25, 0.3) is 0 Å². The highest BCUT2D eigenvalue weighted by molar-refractivity contribution is 6.08. The molecule has 0 bridgehead atoms. The SMILES string of the molecule is COCCN(CCOC)CC(=O)NN1C(=O)NC(C)(c2ccc(OC)cc2)C1=O. The lowest BCUT2D eigenvalue weighted by Gasteiger charge is -2.24. The number of methoxy groups -OCH3 is 3. The van der Waals surface area contributed by atoms with E-state index in [9.17, 15) is 14.4 Å². The van der Waals surface area contributed by atoms with Crippen LogP contribution in [0.3, 0.4) is 0 Å². The van der Waals surface area contributed by atoms with Crippen molar-refractivity contribution in [1.82, 2.24) is 20.7 Å². The molecule has 1 aliphatic rings. The zero-order chi connectivity index (χ0) is 21.4. The van der Waals surface area contributed by atoms with Crippen molar-refractivity contribution in [1.29, 1.82) is 0 Å². The first-order chi connectivity index (χ1) is 13.8. The summed E-state index contributed by atoms with van der Waals surface area (Å²) in [6.07, 6.45) is 0. The summed E-state index contributed by atoms with van der Waals surface area (Å²) in [7, 11) is 4.68. The Hall–Kier alpha value is -2.69. The van der Waals surface area contributed by atoms with Crippen molar-refractivity contribution in [2.45, 2.75) is 12.5 Å². The predicted molar refractivity (Wildman–Crippen MR) is 104 cm³/mol. The number of hydrogen-bond acceptors (Lipinski definition) is 7. The molecule has 1 aliphatic heterocycles. The topological polar surface area (TPSA) is 109 Å². The van der Waals surface area contributed by atoms with E-state index in [-0.39, 0.29) is 6.54 Å². The van der Waals surface area contributed by atoms with E-state index in [1.807, 2.05) is 4.90 Å². The van der Waals surface area contributed by atoms with Gasteiger partial charge >= 0.3 is 6.03 Å². The van der Waals surface area contributed by atoms with Gasteiger partial charge in [0.1, 0.15) is 11.3 Å². The molecule has 1 fully saturated rings. The number of carbonyl (C=O) groups excluding carboxylic acids is 3. The number of rotatable bonds is 11. The van der Waals surface area contributed by atoms with Crippen LogP contribution in [-0.4, -0.2) is 81.9 Å². The maximum atomic E-state index is 12.9. The fourth-order valence-electron chi connectivity index (χ4n) is 2.93. The number of urea groups is 1. The Morgan fingerprint density at radius 3 is 2.21 bits per heavy atom. The zero-order valence-electron chi connectivity index (χ0n) is 17.2. The molecule has 1 atom stereocenters. The van der Waals surface area contributed by atoms with Crippen LogP contribution in [-0.2, 0) is 24.6 Å². The lowest BCUT2D eigenvalue weighted by Crippen LogP contribution is -2.51. The second kappa shape index (κ2) is 10.2. The average Bonchev–Trinajstić information content (AvgIpc) is 2.94. The molecule has 0 aromatic heterocycles. The molecule has 10 heteroatoms. The van der Waals surface area contributed by atoms with Gasteiger partial charge in [0.15, 0.2) is 0 Å². The molecule has 1 aromatic carbocycles. The quantitative estimate of drug-likeness (QED) is 0.500. The Balaban J connectivity index is 2.05. The Labute approximate surface area is 170 Å². The summed E-state index contributed by atoms with van der Waals surface area (Å²) in [5.74, 6) is -0.424. The van der Waals surface area contributed by atoms with Crippen LogP contribution >= 0.6 is 0 Å². The third-order valence-electron chi connectivity index (χ3n) is 4.69. The molecule has 160 valence electrons. The molecular weight excluding hydrogens is 380 g/mol. The van der Waals surface area contributed by atoms with Crippen LogP contribution in [0, 0.1) is 0 Å². The van der Waals surface area contributed by atoms with Crippen molar-refractivity contribution < 1.29 is 28.6 Å². The minimum atomic E-state index is -1.29. The second-order valence-electron chi connectivity index (χ2n) is 6.72. The highest BCUT2D eigenvalue weighted by atomic mass is 16.5. The molecular formula is C19H28N4O6. The number of hydrazine groups is 1. The largest absolute Gasteiger partial charge is 0.497 e. The van der Waals surface area contributed by atoms with E-state index >= 15 is 0 Å². The summed E-state index contributed by atoms with van der Waals surface area (Å²) in [4.78, 5) is 39.5. The molecule has 0 aliphatic carbocycles. The number of nitrogens with zero attached hydrogens (tertiary/aromatic N) is 2. The normalized spacial score (nSPS) is 18.9. The lowest BCUT2D eigenvalue weighted by molar-refractivity contribution is -0.139. The number of hydrogen-bond donors (Lipinski definition) is 2. The van der Waals surface area contributed by atoms with Crippen LogP contribution in [0.2, 0.25) is 0 Å².